The third-order valence-corrected chi connectivity index (χ3v) is 3.80. The summed E-state index contributed by atoms with van der Waals surface area (Å²) in [6.07, 6.45) is -0.231. The van der Waals surface area contributed by atoms with Gasteiger partial charge in [0.25, 0.3) is 6.43 Å². The van der Waals surface area contributed by atoms with Gasteiger partial charge in [-0.1, -0.05) is 23.7 Å². The van der Waals surface area contributed by atoms with Crippen LogP contribution in [0.15, 0.2) is 42.6 Å². The largest absolute Gasteiger partial charge is 0.309 e. The molecule has 22 heavy (non-hydrogen) atoms. The lowest BCUT2D eigenvalue weighted by Crippen LogP contribution is -2.17. The molecule has 0 N–H and O–H groups in total. The Morgan fingerprint density at radius 2 is 1.77 bits per heavy atom. The molecule has 118 valence electrons. The van der Waals surface area contributed by atoms with Gasteiger partial charge in [0, 0.05) is 28.4 Å². The number of alkyl halides is 2. The van der Waals surface area contributed by atoms with Gasteiger partial charge in [-0.15, -0.1) is 0 Å². The zero-order valence-corrected chi connectivity index (χ0v) is 13.4. The molecule has 0 radical (unpaired) electrons. The molecule has 0 aliphatic carbocycles. The monoisotopic (exact) mass is 324 g/mol. The lowest BCUT2D eigenvalue weighted by atomic mass is 9.91. The van der Waals surface area contributed by atoms with E-state index in [4.69, 9.17) is 11.6 Å². The normalized spacial score (nSPS) is 12.9. The molecule has 2 nitrogen and oxygen atoms in total. The van der Waals surface area contributed by atoms with Gasteiger partial charge in [-0.25, -0.2) is 8.78 Å². The quantitative estimate of drug-likeness (QED) is 0.762. The number of hydrogen-bond donors (Lipinski definition) is 0. The van der Waals surface area contributed by atoms with E-state index >= 15 is 0 Å². The molecule has 1 aromatic heterocycles. The Balaban J connectivity index is 2.35. The van der Waals surface area contributed by atoms with Crippen LogP contribution < -0.4 is 0 Å². The number of halogens is 3. The molecule has 1 unspecified atom stereocenters. The molecule has 0 saturated carbocycles. The van der Waals surface area contributed by atoms with Gasteiger partial charge in [0.15, 0.2) is 0 Å². The number of pyridine rings is 1. The minimum absolute atomic E-state index is 0.00816. The highest BCUT2D eigenvalue weighted by atomic mass is 35.5. The average molecular weight is 325 g/mol. The van der Waals surface area contributed by atoms with E-state index in [0.717, 1.165) is 18.5 Å². The maximum Gasteiger partial charge on any atom is 0.263 e. The molecule has 0 aliphatic heterocycles. The fourth-order valence-corrected chi connectivity index (χ4v) is 2.49. The minimum Gasteiger partial charge on any atom is -0.309 e. The first-order valence-corrected chi connectivity index (χ1v) is 7.49. The molecule has 0 aliphatic rings. The Morgan fingerprint density at radius 3 is 2.36 bits per heavy atom. The van der Waals surface area contributed by atoms with Crippen molar-refractivity contribution in [2.75, 3.05) is 20.6 Å². The smallest absolute Gasteiger partial charge is 0.263 e. The fourth-order valence-electron chi connectivity index (χ4n) is 2.36. The van der Waals surface area contributed by atoms with Crippen LogP contribution in [-0.4, -0.2) is 30.5 Å². The maximum atomic E-state index is 12.9. The third-order valence-electron chi connectivity index (χ3n) is 3.55. The van der Waals surface area contributed by atoms with Crippen LogP contribution in [0.2, 0.25) is 5.02 Å². The van der Waals surface area contributed by atoms with E-state index < -0.39 is 6.43 Å². The summed E-state index contributed by atoms with van der Waals surface area (Å²) in [5, 5.41) is 0.657. The van der Waals surface area contributed by atoms with Crippen LogP contribution in [0.4, 0.5) is 8.78 Å². The van der Waals surface area contributed by atoms with Crippen LogP contribution in [0.3, 0.4) is 0 Å². The number of benzene rings is 1. The summed E-state index contributed by atoms with van der Waals surface area (Å²) in [5.74, 6) is -0.0293. The number of aromatic nitrogens is 1. The Bertz CT molecular complexity index is 600. The van der Waals surface area contributed by atoms with Gasteiger partial charge in [0.2, 0.25) is 0 Å². The zero-order valence-electron chi connectivity index (χ0n) is 12.6. The van der Waals surface area contributed by atoms with Crippen molar-refractivity contribution in [3.8, 4) is 0 Å². The number of rotatable bonds is 6. The van der Waals surface area contributed by atoms with Crippen molar-refractivity contribution in [3.63, 3.8) is 0 Å². The van der Waals surface area contributed by atoms with Gasteiger partial charge in [0.1, 0.15) is 0 Å². The van der Waals surface area contributed by atoms with Crippen molar-refractivity contribution in [1.29, 1.82) is 0 Å². The van der Waals surface area contributed by atoms with Crippen LogP contribution in [0.1, 0.15) is 35.6 Å². The molecule has 1 atom stereocenters. The highest BCUT2D eigenvalue weighted by Gasteiger charge is 2.18. The van der Waals surface area contributed by atoms with Gasteiger partial charge in [0.05, 0.1) is 0 Å². The van der Waals surface area contributed by atoms with E-state index in [0.29, 0.717) is 10.7 Å². The number of nitrogens with zero attached hydrogens (tertiary/aromatic N) is 2. The molecule has 1 heterocycles. The fraction of sp³-hybridized carbons (Fsp3) is 0.353. The van der Waals surface area contributed by atoms with Crippen molar-refractivity contribution in [1.82, 2.24) is 9.88 Å². The van der Waals surface area contributed by atoms with Gasteiger partial charge in [-0.3, -0.25) is 4.98 Å². The van der Waals surface area contributed by atoms with E-state index in [1.165, 1.54) is 18.3 Å². The number of hydrogen-bond acceptors (Lipinski definition) is 2. The van der Waals surface area contributed by atoms with Crippen LogP contribution in [0.25, 0.3) is 0 Å². The SMILES string of the molecule is CN(C)CCC(c1ccc(Cl)cc1)c1cc(C(F)F)ccn1. The summed E-state index contributed by atoms with van der Waals surface area (Å²) < 4.78 is 25.9. The molecular weight excluding hydrogens is 306 g/mol. The first kappa shape index (κ1) is 16.8. The van der Waals surface area contributed by atoms with E-state index in [9.17, 15) is 8.78 Å². The molecule has 2 rings (SSSR count). The highest BCUT2D eigenvalue weighted by molar-refractivity contribution is 6.30. The molecule has 0 fully saturated rings. The van der Waals surface area contributed by atoms with Crippen molar-refractivity contribution in [2.24, 2.45) is 0 Å². The van der Waals surface area contributed by atoms with E-state index in [-0.39, 0.29) is 11.5 Å². The Morgan fingerprint density at radius 1 is 1.09 bits per heavy atom. The molecular formula is C17H19ClF2N2. The second-order valence-corrected chi connectivity index (χ2v) is 5.95. The predicted molar refractivity (Wildman–Crippen MR) is 85.7 cm³/mol. The van der Waals surface area contributed by atoms with Gasteiger partial charge in [-0.05, 0) is 56.9 Å². The van der Waals surface area contributed by atoms with Crippen molar-refractivity contribution in [3.05, 3.63) is 64.4 Å². The van der Waals surface area contributed by atoms with E-state index in [2.05, 4.69) is 9.88 Å². The topological polar surface area (TPSA) is 16.1 Å². The summed E-state index contributed by atoms with van der Waals surface area (Å²) in [6, 6.07) is 10.4. The summed E-state index contributed by atoms with van der Waals surface area (Å²) in [4.78, 5) is 6.38. The zero-order chi connectivity index (χ0) is 16.1. The predicted octanol–water partition coefficient (Wildman–Crippen LogP) is 4.76. The lowest BCUT2D eigenvalue weighted by Gasteiger charge is -2.20. The van der Waals surface area contributed by atoms with Crippen molar-refractivity contribution >= 4 is 11.6 Å². The van der Waals surface area contributed by atoms with Crippen molar-refractivity contribution in [2.45, 2.75) is 18.8 Å². The molecule has 0 spiro atoms. The molecule has 5 heteroatoms. The second-order valence-electron chi connectivity index (χ2n) is 5.51. The first-order valence-electron chi connectivity index (χ1n) is 7.11. The summed E-state index contributed by atoms with van der Waals surface area (Å²) in [5.41, 5.74) is 1.71. The lowest BCUT2D eigenvalue weighted by molar-refractivity contribution is 0.151. The first-order chi connectivity index (χ1) is 10.5. The Kier molecular flexibility index (Phi) is 5.86. The van der Waals surface area contributed by atoms with Gasteiger partial charge in [-0.2, -0.15) is 0 Å². The Labute approximate surface area is 134 Å². The van der Waals surface area contributed by atoms with Gasteiger partial charge >= 0.3 is 0 Å². The van der Waals surface area contributed by atoms with Gasteiger partial charge < -0.3 is 4.90 Å². The highest BCUT2D eigenvalue weighted by Crippen LogP contribution is 2.30. The molecule has 2 aromatic rings. The van der Waals surface area contributed by atoms with Crippen LogP contribution in [-0.2, 0) is 0 Å². The average Bonchev–Trinajstić information content (AvgIpc) is 2.49. The van der Waals surface area contributed by atoms with Crippen LogP contribution in [0, 0.1) is 0 Å². The maximum absolute atomic E-state index is 12.9. The summed E-state index contributed by atoms with van der Waals surface area (Å²) in [6.45, 7) is 0.841. The molecule has 1 aromatic carbocycles. The second kappa shape index (κ2) is 7.65. The van der Waals surface area contributed by atoms with Crippen LogP contribution >= 0.6 is 11.6 Å². The minimum atomic E-state index is -2.48. The van der Waals surface area contributed by atoms with Crippen LogP contribution in [0.5, 0.6) is 0 Å². The molecule has 0 saturated heterocycles. The van der Waals surface area contributed by atoms with Crippen molar-refractivity contribution < 1.29 is 8.78 Å². The van der Waals surface area contributed by atoms with E-state index in [1.807, 2.05) is 38.4 Å². The third kappa shape index (κ3) is 4.49. The molecule has 0 bridgehead atoms. The molecule has 0 amide bonds. The Hall–Kier alpha value is -1.52. The van der Waals surface area contributed by atoms with E-state index in [1.54, 1.807) is 0 Å². The standard InChI is InChI=1S/C17H19ClF2N2/c1-22(2)10-8-15(12-3-5-14(18)6-4-12)16-11-13(17(19)20)7-9-21-16/h3-7,9,11,15,17H,8,10H2,1-2H3. The summed E-state index contributed by atoms with van der Waals surface area (Å²) in [7, 11) is 3.98. The summed E-state index contributed by atoms with van der Waals surface area (Å²) >= 11 is 5.93.